The molecule has 0 atom stereocenters. The van der Waals surface area contributed by atoms with Crippen molar-refractivity contribution in [1.29, 1.82) is 0 Å². The molecule has 1 aromatic rings. The Hall–Kier alpha value is -0.292. The molecule has 0 heterocycles. The fourth-order valence-electron chi connectivity index (χ4n) is 1.47. The molecule has 0 aromatic heterocycles. The van der Waals surface area contributed by atoms with Gasteiger partial charge in [-0.05, 0) is 5.60 Å². The second-order valence-electron chi connectivity index (χ2n) is 4.82. The zero-order valence-electron chi connectivity index (χ0n) is 11.0. The van der Waals surface area contributed by atoms with E-state index in [1.165, 1.54) is 11.1 Å². The molecule has 1 nitrogen and oxygen atoms in total. The van der Waals surface area contributed by atoms with Crippen molar-refractivity contribution in [2.45, 2.75) is 47.1 Å². The Kier molecular flexibility index (Phi) is 5.26. The summed E-state index contributed by atoms with van der Waals surface area (Å²) >= 11 is 0. The largest absolute Gasteiger partial charge is 2.00 e. The first-order valence-corrected chi connectivity index (χ1v) is 5.26. The van der Waals surface area contributed by atoms with E-state index >= 15 is 0 Å². The van der Waals surface area contributed by atoms with Crippen LogP contribution in [0.3, 0.4) is 0 Å². The molecular formula is C14H20OW. The molecule has 0 fully saturated rings. The quantitative estimate of drug-likeness (QED) is 0.703. The number of ether oxygens (including phenoxy) is 1. The molecule has 0 aliphatic rings. The van der Waals surface area contributed by atoms with Gasteiger partial charge in [-0.3, -0.25) is 0 Å². The van der Waals surface area contributed by atoms with Crippen LogP contribution in [-0.2, 0) is 21.1 Å². The number of rotatable bonds is 2. The number of hydrogen-bond donors (Lipinski definition) is 0. The molecule has 0 radical (unpaired) electrons. The summed E-state index contributed by atoms with van der Waals surface area (Å²) in [7, 11) is 0. The molecular weight excluding hydrogens is 368 g/mol. The predicted molar refractivity (Wildman–Crippen MR) is 64.3 cm³/mol. The van der Waals surface area contributed by atoms with Crippen molar-refractivity contribution in [3.05, 3.63) is 35.2 Å². The van der Waals surface area contributed by atoms with Crippen LogP contribution < -0.4 is 4.74 Å². The number of hydrogen-bond acceptors (Lipinski definition) is 1. The van der Waals surface area contributed by atoms with E-state index in [-0.39, 0.29) is 21.1 Å². The fourth-order valence-corrected chi connectivity index (χ4v) is 1.47. The summed E-state index contributed by atoms with van der Waals surface area (Å²) in [5.41, 5.74) is 4.48. The second kappa shape index (κ2) is 5.36. The van der Waals surface area contributed by atoms with Gasteiger partial charge < -0.3 is 11.7 Å². The average molecular weight is 388 g/mol. The molecule has 0 saturated heterocycles. The third kappa shape index (κ3) is 3.63. The summed E-state index contributed by atoms with van der Waals surface area (Å²) in [6, 6.07) is 3.28. The topological polar surface area (TPSA) is 9.23 Å². The first-order chi connectivity index (χ1) is 6.72. The van der Waals surface area contributed by atoms with Gasteiger partial charge in [0.25, 0.3) is 0 Å². The Balaban J connectivity index is 0.00000225. The van der Waals surface area contributed by atoms with Crippen molar-refractivity contribution in [2.24, 2.45) is 0 Å². The van der Waals surface area contributed by atoms with E-state index in [1.807, 2.05) is 13.8 Å². The summed E-state index contributed by atoms with van der Waals surface area (Å²) < 4.78 is 5.78. The van der Waals surface area contributed by atoms with Gasteiger partial charge in [-0.1, -0.05) is 41.5 Å². The zero-order valence-corrected chi connectivity index (χ0v) is 14.0. The summed E-state index contributed by atoms with van der Waals surface area (Å²) in [5, 5.41) is 0. The van der Waals surface area contributed by atoms with E-state index in [0.717, 1.165) is 16.9 Å². The monoisotopic (exact) mass is 388 g/mol. The van der Waals surface area contributed by atoms with Crippen LogP contribution in [0.2, 0.25) is 0 Å². The van der Waals surface area contributed by atoms with Crippen LogP contribution in [0.1, 0.15) is 36.1 Å². The Morgan fingerprint density at radius 3 is 1.94 bits per heavy atom. The van der Waals surface area contributed by atoms with Gasteiger partial charge in [-0.2, -0.15) is 16.7 Å². The molecule has 2 heteroatoms. The Labute approximate surface area is 114 Å². The van der Waals surface area contributed by atoms with Crippen LogP contribution in [0.4, 0.5) is 0 Å². The van der Waals surface area contributed by atoms with E-state index in [2.05, 4.69) is 40.7 Å². The summed E-state index contributed by atoms with van der Waals surface area (Å²) in [5.74, 6) is 0.829. The van der Waals surface area contributed by atoms with Gasteiger partial charge in [0.05, 0.1) is 0 Å². The minimum atomic E-state index is -0.407. The standard InChI is InChI=1S/C14H20O.W/c1-9-8-13(15-14(5,6)7)12(4)11(3)10(9)2;/h5H2,1-4,6-7H3;/q-2;+2. The minimum absolute atomic E-state index is 0. The first kappa shape index (κ1) is 15.7. The number of benzene rings is 1. The van der Waals surface area contributed by atoms with Gasteiger partial charge >= 0.3 is 21.1 Å². The van der Waals surface area contributed by atoms with Crippen molar-refractivity contribution in [3.8, 4) is 5.75 Å². The van der Waals surface area contributed by atoms with Crippen molar-refractivity contribution < 1.29 is 25.8 Å². The fraction of sp³-hybridized carbons (Fsp3) is 0.500. The van der Waals surface area contributed by atoms with Crippen LogP contribution in [-0.4, -0.2) is 5.60 Å². The first-order valence-electron chi connectivity index (χ1n) is 5.26. The van der Waals surface area contributed by atoms with Crippen molar-refractivity contribution >= 4 is 0 Å². The van der Waals surface area contributed by atoms with E-state index < -0.39 is 5.60 Å². The van der Waals surface area contributed by atoms with Gasteiger partial charge in [0.15, 0.2) is 0 Å². The maximum atomic E-state index is 5.78. The third-order valence-corrected chi connectivity index (χ3v) is 2.71. The molecule has 0 bridgehead atoms. The van der Waals surface area contributed by atoms with Gasteiger partial charge in [0, 0.05) is 5.75 Å². The maximum Gasteiger partial charge on any atom is 2.00 e. The van der Waals surface area contributed by atoms with E-state index in [0.29, 0.717) is 0 Å². The summed E-state index contributed by atoms with van der Waals surface area (Å²) in [6.07, 6.45) is 0. The molecule has 0 amide bonds. The second-order valence-corrected chi connectivity index (χ2v) is 4.82. The molecule has 0 saturated carbocycles. The number of aryl methyl sites for hydroxylation is 1. The van der Waals surface area contributed by atoms with Gasteiger partial charge in [0.1, 0.15) is 0 Å². The van der Waals surface area contributed by atoms with E-state index in [9.17, 15) is 0 Å². The summed E-state index contributed by atoms with van der Waals surface area (Å²) in [4.78, 5) is 0. The Morgan fingerprint density at radius 1 is 1.00 bits per heavy atom. The van der Waals surface area contributed by atoms with Gasteiger partial charge in [-0.15, -0.1) is 11.6 Å². The van der Waals surface area contributed by atoms with Crippen molar-refractivity contribution in [2.75, 3.05) is 0 Å². The molecule has 88 valence electrons. The Bertz CT molecular complexity index is 375. The van der Waals surface area contributed by atoms with E-state index in [4.69, 9.17) is 4.74 Å². The minimum Gasteiger partial charge on any atom is -0.545 e. The molecule has 16 heavy (non-hydrogen) atoms. The van der Waals surface area contributed by atoms with Crippen LogP contribution in [0.5, 0.6) is 5.75 Å². The molecule has 0 aliphatic heterocycles. The average Bonchev–Trinajstić information content (AvgIpc) is 2.08. The van der Waals surface area contributed by atoms with Crippen LogP contribution in [0.25, 0.3) is 0 Å². The zero-order chi connectivity index (χ0) is 11.8. The normalized spacial score (nSPS) is 10.9. The van der Waals surface area contributed by atoms with Crippen LogP contribution >= 0.6 is 0 Å². The molecule has 0 N–H and O–H groups in total. The summed E-state index contributed by atoms with van der Waals surface area (Å²) in [6.45, 7) is 16.2. The van der Waals surface area contributed by atoms with Crippen LogP contribution in [0, 0.1) is 40.7 Å². The van der Waals surface area contributed by atoms with Gasteiger partial charge in [-0.25, -0.2) is 0 Å². The third-order valence-electron chi connectivity index (χ3n) is 2.71. The van der Waals surface area contributed by atoms with Gasteiger partial charge in [0.2, 0.25) is 0 Å². The molecule has 1 aromatic carbocycles. The predicted octanol–water partition coefficient (Wildman–Crippen LogP) is 3.71. The van der Waals surface area contributed by atoms with Crippen molar-refractivity contribution in [1.82, 2.24) is 0 Å². The van der Waals surface area contributed by atoms with Crippen LogP contribution in [0.15, 0.2) is 0 Å². The SMILES string of the molecule is [CH2-]C(C)(C)Oc1[c-]c(C)c(C)c(C)c1C.[W+2]. The Morgan fingerprint density at radius 2 is 1.50 bits per heavy atom. The van der Waals surface area contributed by atoms with Crippen molar-refractivity contribution in [3.63, 3.8) is 0 Å². The van der Waals surface area contributed by atoms with E-state index in [1.54, 1.807) is 0 Å². The molecule has 0 spiro atoms. The molecule has 0 aliphatic carbocycles. The maximum absolute atomic E-state index is 5.78. The smallest absolute Gasteiger partial charge is 0.545 e. The molecule has 0 unspecified atom stereocenters. The molecule has 1 rings (SSSR count).